The number of rotatable bonds is 1. The molecule has 80 valence electrons. The predicted molar refractivity (Wildman–Crippen MR) is 62.6 cm³/mol. The van der Waals surface area contributed by atoms with E-state index in [1.807, 2.05) is 6.07 Å². The first-order valence-electron chi connectivity index (χ1n) is 4.57. The fourth-order valence-corrected chi connectivity index (χ4v) is 2.26. The van der Waals surface area contributed by atoms with Crippen LogP contribution in [0.4, 0.5) is 11.4 Å². The van der Waals surface area contributed by atoms with Crippen LogP contribution in [0.25, 0.3) is 0 Å². The molecule has 2 N–H and O–H groups in total. The van der Waals surface area contributed by atoms with Gasteiger partial charge >= 0.3 is 0 Å². The first kappa shape index (κ1) is 10.6. The zero-order valence-electron chi connectivity index (χ0n) is 7.96. The largest absolute Gasteiger partial charge is 0.397 e. The highest BCUT2D eigenvalue weighted by molar-refractivity contribution is 6.32. The van der Waals surface area contributed by atoms with Crippen molar-refractivity contribution in [3.05, 3.63) is 22.7 Å². The number of amides is 1. The second kappa shape index (κ2) is 3.91. The average Bonchev–Trinajstić information content (AvgIpc) is 2.60. The van der Waals surface area contributed by atoms with Gasteiger partial charge in [-0.3, -0.25) is 4.79 Å². The number of halogens is 2. The average molecular weight is 245 g/mol. The van der Waals surface area contributed by atoms with E-state index in [9.17, 15) is 4.79 Å². The molecule has 1 aromatic rings. The lowest BCUT2D eigenvalue weighted by Gasteiger charge is -2.17. The van der Waals surface area contributed by atoms with Crippen LogP contribution in [-0.4, -0.2) is 18.3 Å². The van der Waals surface area contributed by atoms with Crippen molar-refractivity contribution in [3.8, 4) is 0 Å². The standard InChI is InChI=1S/C10H10Cl2N2O/c11-5-9(15)14-2-1-6-3-7(12)4-8(13)10(6)14/h3-4H,1-2,5,13H2. The Morgan fingerprint density at radius 1 is 1.53 bits per heavy atom. The lowest BCUT2D eigenvalue weighted by atomic mass is 10.1. The minimum atomic E-state index is -0.121. The highest BCUT2D eigenvalue weighted by atomic mass is 35.5. The first-order chi connectivity index (χ1) is 7.13. The van der Waals surface area contributed by atoms with Gasteiger partial charge in [-0.05, 0) is 24.1 Å². The Balaban J connectivity index is 2.46. The lowest BCUT2D eigenvalue weighted by molar-refractivity contribution is -0.116. The molecule has 1 amide bonds. The van der Waals surface area contributed by atoms with Crippen molar-refractivity contribution in [1.29, 1.82) is 0 Å². The number of nitrogens with two attached hydrogens (primary N) is 1. The molecule has 0 saturated carbocycles. The molecule has 2 rings (SSSR count). The predicted octanol–water partition coefficient (Wildman–Crippen LogP) is 2.05. The molecule has 0 atom stereocenters. The molecule has 1 aliphatic rings. The van der Waals surface area contributed by atoms with Gasteiger partial charge in [0.1, 0.15) is 5.88 Å². The van der Waals surface area contributed by atoms with Gasteiger partial charge in [0.15, 0.2) is 0 Å². The van der Waals surface area contributed by atoms with Gasteiger partial charge in [0.2, 0.25) is 5.91 Å². The Kier molecular flexibility index (Phi) is 2.76. The summed E-state index contributed by atoms with van der Waals surface area (Å²) in [4.78, 5) is 13.1. The molecule has 1 aromatic carbocycles. The molecule has 5 heteroatoms. The molecule has 0 unspecified atom stereocenters. The van der Waals surface area contributed by atoms with Gasteiger partial charge in [-0.1, -0.05) is 11.6 Å². The van der Waals surface area contributed by atoms with E-state index < -0.39 is 0 Å². The number of alkyl halides is 1. The molecule has 0 bridgehead atoms. The van der Waals surface area contributed by atoms with Gasteiger partial charge in [0, 0.05) is 11.6 Å². The van der Waals surface area contributed by atoms with E-state index in [1.165, 1.54) is 0 Å². The second-order valence-electron chi connectivity index (χ2n) is 3.43. The summed E-state index contributed by atoms with van der Waals surface area (Å²) in [5, 5.41) is 0.603. The van der Waals surface area contributed by atoms with Gasteiger partial charge in [-0.25, -0.2) is 0 Å². The van der Waals surface area contributed by atoms with E-state index in [0.717, 1.165) is 17.7 Å². The number of fused-ring (bicyclic) bond motifs is 1. The Morgan fingerprint density at radius 3 is 2.93 bits per heavy atom. The maximum Gasteiger partial charge on any atom is 0.241 e. The Labute approximate surface area is 97.8 Å². The molecule has 1 heterocycles. The van der Waals surface area contributed by atoms with Crippen LogP contribution in [0.15, 0.2) is 12.1 Å². The number of hydrogen-bond acceptors (Lipinski definition) is 2. The third-order valence-electron chi connectivity index (χ3n) is 2.47. The summed E-state index contributed by atoms with van der Waals surface area (Å²) in [6.07, 6.45) is 0.780. The molecule has 15 heavy (non-hydrogen) atoms. The Hall–Kier alpha value is -0.930. The maximum atomic E-state index is 11.5. The number of carbonyl (C=O) groups excluding carboxylic acids is 1. The maximum absolute atomic E-state index is 11.5. The SMILES string of the molecule is Nc1cc(Cl)cc2c1N(C(=O)CCl)CC2. The monoisotopic (exact) mass is 244 g/mol. The number of carbonyl (C=O) groups is 1. The number of hydrogen-bond donors (Lipinski definition) is 1. The van der Waals surface area contributed by atoms with Crippen LogP contribution in [-0.2, 0) is 11.2 Å². The van der Waals surface area contributed by atoms with E-state index in [0.29, 0.717) is 17.3 Å². The van der Waals surface area contributed by atoms with Crippen LogP contribution in [0.3, 0.4) is 0 Å². The van der Waals surface area contributed by atoms with Crippen molar-refractivity contribution in [2.75, 3.05) is 23.1 Å². The number of benzene rings is 1. The van der Waals surface area contributed by atoms with Crippen molar-refractivity contribution in [1.82, 2.24) is 0 Å². The molecular weight excluding hydrogens is 235 g/mol. The van der Waals surface area contributed by atoms with E-state index >= 15 is 0 Å². The van der Waals surface area contributed by atoms with Gasteiger partial charge in [-0.2, -0.15) is 0 Å². The molecule has 0 radical (unpaired) electrons. The van der Waals surface area contributed by atoms with Crippen molar-refractivity contribution < 1.29 is 4.79 Å². The third kappa shape index (κ3) is 1.77. The van der Waals surface area contributed by atoms with Gasteiger partial charge in [0.05, 0.1) is 11.4 Å². The minimum Gasteiger partial charge on any atom is -0.397 e. The first-order valence-corrected chi connectivity index (χ1v) is 5.49. The number of nitrogen functional groups attached to an aromatic ring is 1. The van der Waals surface area contributed by atoms with Gasteiger partial charge in [0.25, 0.3) is 0 Å². The van der Waals surface area contributed by atoms with E-state index in [-0.39, 0.29) is 11.8 Å². The molecule has 0 fully saturated rings. The van der Waals surface area contributed by atoms with Crippen LogP contribution in [0, 0.1) is 0 Å². The normalized spacial score (nSPS) is 14.1. The summed E-state index contributed by atoms with van der Waals surface area (Å²) in [6.45, 7) is 0.630. The molecule has 0 spiro atoms. The number of anilines is 2. The summed E-state index contributed by atoms with van der Waals surface area (Å²) >= 11 is 11.4. The van der Waals surface area contributed by atoms with Crippen LogP contribution < -0.4 is 10.6 Å². The van der Waals surface area contributed by atoms with Crippen molar-refractivity contribution >= 4 is 40.5 Å². The lowest BCUT2D eigenvalue weighted by Crippen LogP contribution is -2.30. The van der Waals surface area contributed by atoms with Crippen LogP contribution in [0.5, 0.6) is 0 Å². The van der Waals surface area contributed by atoms with Crippen LogP contribution >= 0.6 is 23.2 Å². The Morgan fingerprint density at radius 2 is 2.27 bits per heavy atom. The highest BCUT2D eigenvalue weighted by Gasteiger charge is 2.26. The topological polar surface area (TPSA) is 46.3 Å². The summed E-state index contributed by atoms with van der Waals surface area (Å²) in [6, 6.07) is 3.50. The summed E-state index contributed by atoms with van der Waals surface area (Å²) in [5.41, 5.74) is 8.15. The van der Waals surface area contributed by atoms with Crippen molar-refractivity contribution in [3.63, 3.8) is 0 Å². The molecule has 0 aliphatic carbocycles. The summed E-state index contributed by atoms with van der Waals surface area (Å²) in [5.74, 6) is -0.147. The van der Waals surface area contributed by atoms with Gasteiger partial charge < -0.3 is 10.6 Å². The van der Waals surface area contributed by atoms with E-state index in [1.54, 1.807) is 11.0 Å². The molecular formula is C10H10Cl2N2O. The second-order valence-corrected chi connectivity index (χ2v) is 4.14. The molecule has 1 aliphatic heterocycles. The molecule has 0 saturated heterocycles. The fourth-order valence-electron chi connectivity index (χ4n) is 1.86. The zero-order valence-corrected chi connectivity index (χ0v) is 9.48. The minimum absolute atomic E-state index is 0.0263. The van der Waals surface area contributed by atoms with Crippen molar-refractivity contribution in [2.24, 2.45) is 0 Å². The molecule has 0 aromatic heterocycles. The fraction of sp³-hybridized carbons (Fsp3) is 0.300. The van der Waals surface area contributed by atoms with Crippen LogP contribution in [0.2, 0.25) is 5.02 Å². The summed E-state index contributed by atoms with van der Waals surface area (Å²) < 4.78 is 0. The zero-order chi connectivity index (χ0) is 11.0. The Bertz CT molecular complexity index is 420. The van der Waals surface area contributed by atoms with Crippen LogP contribution in [0.1, 0.15) is 5.56 Å². The van der Waals surface area contributed by atoms with Crippen molar-refractivity contribution in [2.45, 2.75) is 6.42 Å². The summed E-state index contributed by atoms with van der Waals surface area (Å²) in [7, 11) is 0. The van der Waals surface area contributed by atoms with Gasteiger partial charge in [-0.15, -0.1) is 11.6 Å². The highest BCUT2D eigenvalue weighted by Crippen LogP contribution is 2.36. The smallest absolute Gasteiger partial charge is 0.241 e. The third-order valence-corrected chi connectivity index (χ3v) is 2.92. The molecule has 3 nitrogen and oxygen atoms in total. The number of nitrogens with zero attached hydrogens (tertiary/aromatic N) is 1. The van der Waals surface area contributed by atoms with E-state index in [4.69, 9.17) is 28.9 Å². The van der Waals surface area contributed by atoms with E-state index in [2.05, 4.69) is 0 Å². The quantitative estimate of drug-likeness (QED) is 0.608.